The molecule has 0 saturated heterocycles. The maximum atomic E-state index is 12.0. The van der Waals surface area contributed by atoms with Crippen molar-refractivity contribution in [1.29, 1.82) is 0 Å². The van der Waals surface area contributed by atoms with Crippen LogP contribution in [0.3, 0.4) is 0 Å². The Hall–Kier alpha value is -1.18. The van der Waals surface area contributed by atoms with Crippen molar-refractivity contribution < 1.29 is 9.59 Å². The first-order chi connectivity index (χ1) is 9.45. The van der Waals surface area contributed by atoms with Crippen LogP contribution < -0.4 is 10.6 Å². The fraction of sp³-hybridized carbons (Fsp3) is 0.0769. The topological polar surface area (TPSA) is 58.2 Å². The van der Waals surface area contributed by atoms with Crippen molar-refractivity contribution in [2.75, 3.05) is 10.6 Å². The summed E-state index contributed by atoms with van der Waals surface area (Å²) in [5.41, 5.74) is 1.36. The molecular weight excluding hydrogens is 408 g/mol. The van der Waals surface area contributed by atoms with Gasteiger partial charge in [0.25, 0.3) is 5.91 Å². The van der Waals surface area contributed by atoms with Gasteiger partial charge in [0.05, 0.1) is 8.66 Å². The van der Waals surface area contributed by atoms with Crippen LogP contribution in [-0.2, 0) is 4.79 Å². The van der Waals surface area contributed by atoms with E-state index in [9.17, 15) is 9.59 Å². The van der Waals surface area contributed by atoms with Gasteiger partial charge in [-0.05, 0) is 62.2 Å². The summed E-state index contributed by atoms with van der Waals surface area (Å²) in [6.07, 6.45) is 0. The molecule has 0 atom stereocenters. The number of hydrogen-bond donors (Lipinski definition) is 2. The minimum Gasteiger partial charge on any atom is -0.326 e. The van der Waals surface area contributed by atoms with Gasteiger partial charge < -0.3 is 10.6 Å². The highest BCUT2D eigenvalue weighted by Crippen LogP contribution is 2.32. The first-order valence-corrected chi connectivity index (χ1v) is 8.00. The van der Waals surface area contributed by atoms with Gasteiger partial charge in [0.1, 0.15) is 0 Å². The molecule has 1 heterocycles. The van der Waals surface area contributed by atoms with E-state index in [1.54, 1.807) is 30.3 Å². The summed E-state index contributed by atoms with van der Waals surface area (Å²) >= 11 is 8.05. The first kappa shape index (κ1) is 15.2. The Labute approximate surface area is 136 Å². The molecule has 1 aromatic heterocycles. The maximum absolute atomic E-state index is 12.0. The standard InChI is InChI=1S/C13H10Br2N2O2S/c1-7(18)16-8-2-4-9(5-3-8)17-13(19)11-6-10(14)12(15)20-11/h2-6H,1H3,(H,16,18)(H,17,19). The summed E-state index contributed by atoms with van der Waals surface area (Å²) in [6, 6.07) is 8.70. The number of anilines is 2. The third-order valence-electron chi connectivity index (χ3n) is 2.33. The minimum atomic E-state index is -0.173. The summed E-state index contributed by atoms with van der Waals surface area (Å²) in [7, 11) is 0. The molecule has 0 bridgehead atoms. The van der Waals surface area contributed by atoms with E-state index in [0.717, 1.165) is 8.26 Å². The van der Waals surface area contributed by atoms with Crippen molar-refractivity contribution in [2.24, 2.45) is 0 Å². The highest BCUT2D eigenvalue weighted by atomic mass is 79.9. The van der Waals surface area contributed by atoms with Gasteiger partial charge in [-0.3, -0.25) is 9.59 Å². The van der Waals surface area contributed by atoms with E-state index in [4.69, 9.17) is 0 Å². The zero-order valence-corrected chi connectivity index (χ0v) is 14.4. The molecule has 4 nitrogen and oxygen atoms in total. The van der Waals surface area contributed by atoms with Crippen molar-refractivity contribution >= 4 is 66.4 Å². The lowest BCUT2D eigenvalue weighted by molar-refractivity contribution is -0.114. The van der Waals surface area contributed by atoms with Crippen LogP contribution in [0.25, 0.3) is 0 Å². The monoisotopic (exact) mass is 416 g/mol. The second kappa shape index (κ2) is 6.51. The summed E-state index contributed by atoms with van der Waals surface area (Å²) < 4.78 is 1.73. The molecule has 0 radical (unpaired) electrons. The van der Waals surface area contributed by atoms with Gasteiger partial charge in [-0.15, -0.1) is 11.3 Å². The number of rotatable bonds is 3. The van der Waals surface area contributed by atoms with Gasteiger partial charge in [-0.2, -0.15) is 0 Å². The molecule has 104 valence electrons. The van der Waals surface area contributed by atoms with Crippen LogP contribution in [0.2, 0.25) is 0 Å². The molecule has 1 aromatic carbocycles. The number of nitrogens with one attached hydrogen (secondary N) is 2. The lowest BCUT2D eigenvalue weighted by Crippen LogP contribution is -2.10. The fourth-order valence-electron chi connectivity index (χ4n) is 1.49. The van der Waals surface area contributed by atoms with Crippen molar-refractivity contribution in [3.63, 3.8) is 0 Å². The molecule has 0 aliphatic rings. The zero-order chi connectivity index (χ0) is 14.7. The fourth-order valence-corrected chi connectivity index (χ4v) is 3.42. The Bertz CT molecular complexity index is 633. The van der Waals surface area contributed by atoms with E-state index >= 15 is 0 Å². The van der Waals surface area contributed by atoms with Gasteiger partial charge in [-0.1, -0.05) is 0 Å². The summed E-state index contributed by atoms with van der Waals surface area (Å²) in [6.45, 7) is 1.45. The lowest BCUT2D eigenvalue weighted by Gasteiger charge is -2.05. The zero-order valence-electron chi connectivity index (χ0n) is 10.4. The number of carbonyl (C=O) groups is 2. The third kappa shape index (κ3) is 3.91. The van der Waals surface area contributed by atoms with E-state index in [2.05, 4.69) is 42.5 Å². The Morgan fingerprint density at radius 3 is 2.05 bits per heavy atom. The van der Waals surface area contributed by atoms with Crippen LogP contribution in [0.15, 0.2) is 38.6 Å². The highest BCUT2D eigenvalue weighted by molar-refractivity contribution is 9.13. The van der Waals surface area contributed by atoms with Crippen LogP contribution in [0.5, 0.6) is 0 Å². The van der Waals surface area contributed by atoms with E-state index in [1.165, 1.54) is 18.3 Å². The maximum Gasteiger partial charge on any atom is 0.265 e. The Balaban J connectivity index is 2.06. The average molecular weight is 418 g/mol. The average Bonchev–Trinajstić information content (AvgIpc) is 2.71. The SMILES string of the molecule is CC(=O)Nc1ccc(NC(=O)c2cc(Br)c(Br)s2)cc1. The lowest BCUT2D eigenvalue weighted by atomic mass is 10.2. The number of thiophene rings is 1. The Kier molecular flexibility index (Phi) is 4.95. The third-order valence-corrected chi connectivity index (χ3v) is 5.59. The predicted octanol–water partition coefficient (Wildman–Crippen LogP) is 4.48. The molecule has 2 amide bonds. The molecular formula is C13H10Br2N2O2S. The molecule has 20 heavy (non-hydrogen) atoms. The number of carbonyl (C=O) groups excluding carboxylic acids is 2. The molecule has 0 unspecified atom stereocenters. The van der Waals surface area contributed by atoms with Gasteiger partial charge in [0.15, 0.2) is 0 Å². The molecule has 0 aliphatic carbocycles. The van der Waals surface area contributed by atoms with Gasteiger partial charge >= 0.3 is 0 Å². The number of benzene rings is 1. The van der Waals surface area contributed by atoms with E-state index in [1.807, 2.05) is 0 Å². The molecule has 0 saturated carbocycles. The second-order valence-electron chi connectivity index (χ2n) is 3.94. The van der Waals surface area contributed by atoms with E-state index in [0.29, 0.717) is 16.3 Å². The molecule has 2 aromatic rings. The Morgan fingerprint density at radius 2 is 1.60 bits per heavy atom. The molecule has 0 aliphatic heterocycles. The largest absolute Gasteiger partial charge is 0.326 e. The Morgan fingerprint density at radius 1 is 1.05 bits per heavy atom. The van der Waals surface area contributed by atoms with Gasteiger partial charge in [0.2, 0.25) is 5.91 Å². The summed E-state index contributed by atoms with van der Waals surface area (Å²) in [5.74, 6) is -0.302. The van der Waals surface area contributed by atoms with Crippen LogP contribution >= 0.6 is 43.2 Å². The molecule has 2 N–H and O–H groups in total. The predicted molar refractivity (Wildman–Crippen MR) is 88.4 cm³/mol. The summed E-state index contributed by atoms with van der Waals surface area (Å²) in [5, 5.41) is 5.46. The second-order valence-corrected chi connectivity index (χ2v) is 7.17. The highest BCUT2D eigenvalue weighted by Gasteiger charge is 2.12. The van der Waals surface area contributed by atoms with Gasteiger partial charge in [-0.25, -0.2) is 0 Å². The normalized spacial score (nSPS) is 10.2. The van der Waals surface area contributed by atoms with Gasteiger partial charge in [0, 0.05) is 22.8 Å². The number of hydrogen-bond acceptors (Lipinski definition) is 3. The molecule has 2 rings (SSSR count). The van der Waals surface area contributed by atoms with Crippen molar-refractivity contribution in [3.8, 4) is 0 Å². The molecule has 7 heteroatoms. The smallest absolute Gasteiger partial charge is 0.265 e. The summed E-state index contributed by atoms with van der Waals surface area (Å²) in [4.78, 5) is 23.5. The van der Waals surface area contributed by atoms with Crippen molar-refractivity contribution in [1.82, 2.24) is 0 Å². The minimum absolute atomic E-state index is 0.130. The quantitative estimate of drug-likeness (QED) is 0.773. The van der Waals surface area contributed by atoms with Crippen LogP contribution in [0.4, 0.5) is 11.4 Å². The molecule has 0 fully saturated rings. The van der Waals surface area contributed by atoms with Crippen LogP contribution in [0, 0.1) is 0 Å². The van der Waals surface area contributed by atoms with Crippen LogP contribution in [0.1, 0.15) is 16.6 Å². The molecule has 0 spiro atoms. The first-order valence-electron chi connectivity index (χ1n) is 5.59. The van der Waals surface area contributed by atoms with Crippen molar-refractivity contribution in [2.45, 2.75) is 6.92 Å². The number of halogens is 2. The van der Waals surface area contributed by atoms with E-state index in [-0.39, 0.29) is 11.8 Å². The number of amides is 2. The van der Waals surface area contributed by atoms with Crippen molar-refractivity contribution in [3.05, 3.63) is 43.5 Å². The van der Waals surface area contributed by atoms with Crippen LogP contribution in [-0.4, -0.2) is 11.8 Å². The van der Waals surface area contributed by atoms with E-state index < -0.39 is 0 Å².